The lowest BCUT2D eigenvalue weighted by Crippen LogP contribution is -2.52. The zero-order valence-corrected chi connectivity index (χ0v) is 14.4. The van der Waals surface area contributed by atoms with E-state index in [-0.39, 0.29) is 5.54 Å². The van der Waals surface area contributed by atoms with Gasteiger partial charge < -0.3 is 10.2 Å². The van der Waals surface area contributed by atoms with E-state index in [1.807, 2.05) is 11.3 Å². The first-order valence-corrected chi connectivity index (χ1v) is 8.74. The Balaban J connectivity index is 2.19. The Hall–Kier alpha value is -0.450. The maximum atomic E-state index is 4.87. The quantitative estimate of drug-likeness (QED) is 0.901. The molecular weight excluding hydrogens is 266 g/mol. The molecule has 4 heteroatoms. The topological polar surface area (TPSA) is 28.2 Å². The van der Waals surface area contributed by atoms with Crippen LogP contribution >= 0.6 is 11.3 Å². The number of piperidine rings is 1. The second kappa shape index (κ2) is 6.54. The molecule has 1 aliphatic heterocycles. The van der Waals surface area contributed by atoms with Crippen LogP contribution in [0.15, 0.2) is 0 Å². The van der Waals surface area contributed by atoms with Gasteiger partial charge in [0.15, 0.2) is 0 Å². The second-order valence-corrected chi connectivity index (χ2v) is 7.50. The lowest BCUT2D eigenvalue weighted by molar-refractivity contribution is 0.109. The number of aryl methyl sites for hydroxylation is 2. The monoisotopic (exact) mass is 295 g/mol. The highest BCUT2D eigenvalue weighted by molar-refractivity contribution is 7.11. The minimum absolute atomic E-state index is 0.116. The number of hydrogen-bond donors (Lipinski definition) is 1. The number of nitrogens with zero attached hydrogens (tertiary/aromatic N) is 2. The summed E-state index contributed by atoms with van der Waals surface area (Å²) in [6.07, 6.45) is 3.54. The van der Waals surface area contributed by atoms with Crippen LogP contribution < -0.4 is 5.32 Å². The van der Waals surface area contributed by atoms with Crippen molar-refractivity contribution in [2.45, 2.75) is 65.5 Å². The zero-order valence-electron chi connectivity index (χ0n) is 13.6. The number of aromatic nitrogens is 1. The molecule has 3 nitrogen and oxygen atoms in total. The molecular formula is C16H29N3S. The first-order valence-electron chi connectivity index (χ1n) is 7.92. The lowest BCUT2D eigenvalue weighted by Gasteiger charge is -2.42. The van der Waals surface area contributed by atoms with Crippen LogP contribution in [0, 0.1) is 13.8 Å². The first kappa shape index (κ1) is 15.9. The van der Waals surface area contributed by atoms with Gasteiger partial charge in [-0.25, -0.2) is 4.98 Å². The number of rotatable bonds is 5. The van der Waals surface area contributed by atoms with Crippen LogP contribution in [0.3, 0.4) is 0 Å². The summed E-state index contributed by atoms with van der Waals surface area (Å²) in [5.74, 6) is 0. The number of thiazole rings is 1. The Morgan fingerprint density at radius 3 is 2.40 bits per heavy atom. The second-order valence-electron chi connectivity index (χ2n) is 6.30. The van der Waals surface area contributed by atoms with Crippen LogP contribution in [-0.2, 0) is 5.54 Å². The average Bonchev–Trinajstić information content (AvgIpc) is 2.77. The maximum absolute atomic E-state index is 4.87. The summed E-state index contributed by atoms with van der Waals surface area (Å²) in [5, 5.41) is 5.13. The molecule has 0 spiro atoms. The van der Waals surface area contributed by atoms with E-state index in [4.69, 9.17) is 4.98 Å². The third-order valence-corrected chi connectivity index (χ3v) is 5.81. The third-order valence-electron chi connectivity index (χ3n) is 4.53. The van der Waals surface area contributed by atoms with Gasteiger partial charge in [-0.2, -0.15) is 0 Å². The largest absolute Gasteiger partial charge is 0.305 e. The van der Waals surface area contributed by atoms with Crippen LogP contribution in [0.5, 0.6) is 0 Å². The van der Waals surface area contributed by atoms with Gasteiger partial charge in [-0.3, -0.25) is 0 Å². The Morgan fingerprint density at radius 1 is 1.30 bits per heavy atom. The minimum Gasteiger partial charge on any atom is -0.305 e. The van der Waals surface area contributed by atoms with E-state index >= 15 is 0 Å². The van der Waals surface area contributed by atoms with Crippen molar-refractivity contribution in [3.05, 3.63) is 15.6 Å². The molecule has 0 aliphatic carbocycles. The van der Waals surface area contributed by atoms with Crippen molar-refractivity contribution >= 4 is 11.3 Å². The van der Waals surface area contributed by atoms with Crippen LogP contribution in [0.25, 0.3) is 0 Å². The molecule has 0 radical (unpaired) electrons. The van der Waals surface area contributed by atoms with Gasteiger partial charge in [-0.15, -0.1) is 11.3 Å². The number of hydrogen-bond acceptors (Lipinski definition) is 4. The molecule has 2 heterocycles. The highest BCUT2D eigenvalue weighted by Gasteiger charge is 2.38. The molecule has 20 heavy (non-hydrogen) atoms. The van der Waals surface area contributed by atoms with Crippen LogP contribution in [0.2, 0.25) is 0 Å². The molecule has 1 saturated heterocycles. The summed E-state index contributed by atoms with van der Waals surface area (Å²) in [4.78, 5) is 8.81. The normalized spacial score (nSPS) is 19.7. The minimum atomic E-state index is 0.116. The van der Waals surface area contributed by atoms with Gasteiger partial charge in [-0.1, -0.05) is 6.92 Å². The summed E-state index contributed by atoms with van der Waals surface area (Å²) in [7, 11) is 0. The molecule has 0 atom stereocenters. The van der Waals surface area contributed by atoms with Gasteiger partial charge in [0.1, 0.15) is 5.01 Å². The van der Waals surface area contributed by atoms with Crippen LogP contribution in [-0.4, -0.2) is 35.6 Å². The van der Waals surface area contributed by atoms with E-state index in [1.165, 1.54) is 47.9 Å². The highest BCUT2D eigenvalue weighted by atomic mass is 32.1. The van der Waals surface area contributed by atoms with Gasteiger partial charge in [0, 0.05) is 24.0 Å². The zero-order chi connectivity index (χ0) is 14.8. The predicted molar refractivity (Wildman–Crippen MR) is 87.5 cm³/mol. The third kappa shape index (κ3) is 3.23. The fraction of sp³-hybridized carbons (Fsp3) is 0.812. The smallest absolute Gasteiger partial charge is 0.113 e. The Morgan fingerprint density at radius 2 is 1.95 bits per heavy atom. The molecule has 1 fully saturated rings. The van der Waals surface area contributed by atoms with E-state index in [9.17, 15) is 0 Å². The summed E-state index contributed by atoms with van der Waals surface area (Å²) in [6, 6.07) is 0.652. The summed E-state index contributed by atoms with van der Waals surface area (Å²) in [5.41, 5.74) is 1.32. The predicted octanol–water partition coefficient (Wildman–Crippen LogP) is 3.46. The van der Waals surface area contributed by atoms with E-state index in [2.05, 4.69) is 44.8 Å². The molecule has 0 unspecified atom stereocenters. The van der Waals surface area contributed by atoms with Crippen LogP contribution in [0.1, 0.15) is 55.6 Å². The molecule has 0 aromatic carbocycles. The van der Waals surface area contributed by atoms with Crippen molar-refractivity contribution in [3.8, 4) is 0 Å². The fourth-order valence-corrected chi connectivity index (χ4v) is 4.07. The standard InChI is InChI=1S/C16H29N3S/c1-6-9-17-16(15-18-13(4)14(5)20-15)7-10-19(11-8-16)12(2)3/h12,17H,6-11H2,1-5H3. The molecule has 114 valence electrons. The van der Waals surface area contributed by atoms with Gasteiger partial charge in [0.2, 0.25) is 0 Å². The SMILES string of the molecule is CCCNC1(c2nc(C)c(C)s2)CCN(C(C)C)CC1. The Labute approximate surface area is 127 Å². The summed E-state index contributed by atoms with van der Waals surface area (Å²) < 4.78 is 0. The maximum Gasteiger partial charge on any atom is 0.113 e. The fourth-order valence-electron chi connectivity index (χ4n) is 2.93. The van der Waals surface area contributed by atoms with Gasteiger partial charge in [0.25, 0.3) is 0 Å². The van der Waals surface area contributed by atoms with Crippen molar-refractivity contribution in [2.75, 3.05) is 19.6 Å². The Kier molecular flexibility index (Phi) is 5.21. The molecule has 0 bridgehead atoms. The highest BCUT2D eigenvalue weighted by Crippen LogP contribution is 2.36. The van der Waals surface area contributed by atoms with Crippen molar-refractivity contribution in [1.82, 2.24) is 15.2 Å². The van der Waals surface area contributed by atoms with E-state index in [1.54, 1.807) is 0 Å². The van der Waals surface area contributed by atoms with E-state index in [0.29, 0.717) is 6.04 Å². The van der Waals surface area contributed by atoms with E-state index in [0.717, 1.165) is 6.54 Å². The Bertz CT molecular complexity index is 411. The van der Waals surface area contributed by atoms with Crippen molar-refractivity contribution < 1.29 is 0 Å². The molecule has 1 aliphatic rings. The van der Waals surface area contributed by atoms with E-state index < -0.39 is 0 Å². The first-order chi connectivity index (χ1) is 9.48. The van der Waals surface area contributed by atoms with Gasteiger partial charge >= 0.3 is 0 Å². The van der Waals surface area contributed by atoms with Gasteiger partial charge in [-0.05, 0) is 53.5 Å². The van der Waals surface area contributed by atoms with Crippen molar-refractivity contribution in [3.63, 3.8) is 0 Å². The average molecular weight is 295 g/mol. The van der Waals surface area contributed by atoms with Crippen LogP contribution in [0.4, 0.5) is 0 Å². The van der Waals surface area contributed by atoms with Crippen molar-refractivity contribution in [2.24, 2.45) is 0 Å². The molecule has 0 saturated carbocycles. The molecule has 1 aromatic rings. The lowest BCUT2D eigenvalue weighted by atomic mass is 9.87. The molecule has 2 rings (SSSR count). The number of nitrogens with one attached hydrogen (secondary N) is 1. The molecule has 1 N–H and O–H groups in total. The van der Waals surface area contributed by atoms with Crippen molar-refractivity contribution in [1.29, 1.82) is 0 Å². The number of likely N-dealkylation sites (tertiary alicyclic amines) is 1. The summed E-state index contributed by atoms with van der Waals surface area (Å²) in [6.45, 7) is 14.6. The molecule has 0 amide bonds. The molecule has 1 aromatic heterocycles. The summed E-state index contributed by atoms with van der Waals surface area (Å²) >= 11 is 1.89. The van der Waals surface area contributed by atoms with Gasteiger partial charge in [0.05, 0.1) is 11.2 Å².